The number of aliphatic hydroxyl groups excluding tert-OH is 1. The summed E-state index contributed by atoms with van der Waals surface area (Å²) in [7, 11) is 0. The monoisotopic (exact) mass is 308 g/mol. The number of halogens is 2. The lowest BCUT2D eigenvalue weighted by Gasteiger charge is -2.06. The van der Waals surface area contributed by atoms with E-state index in [1.807, 2.05) is 0 Å². The second-order valence-electron chi connectivity index (χ2n) is 2.44. The molecule has 0 spiro atoms. The van der Waals surface area contributed by atoms with Crippen molar-refractivity contribution < 1.29 is 15.0 Å². The Kier molecular flexibility index (Phi) is 3.47. The number of carbonyl (C=O) groups is 1. The lowest BCUT2D eigenvalue weighted by Crippen LogP contribution is -2.10. The molecule has 0 aromatic heterocycles. The lowest BCUT2D eigenvalue weighted by atomic mass is 10.1. The van der Waals surface area contributed by atoms with Crippen LogP contribution in [0.4, 0.5) is 0 Å². The van der Waals surface area contributed by atoms with Crippen molar-refractivity contribution in [3.63, 3.8) is 0 Å². The molecule has 0 bridgehead atoms. The van der Waals surface area contributed by atoms with Crippen molar-refractivity contribution in [2.45, 2.75) is 6.10 Å². The van der Waals surface area contributed by atoms with E-state index in [1.165, 1.54) is 0 Å². The molecule has 0 amide bonds. The number of benzene rings is 1. The van der Waals surface area contributed by atoms with Crippen LogP contribution < -0.4 is 0 Å². The zero-order chi connectivity index (χ0) is 10.0. The summed E-state index contributed by atoms with van der Waals surface area (Å²) in [4.78, 5) is 10.4. The highest BCUT2D eigenvalue weighted by molar-refractivity contribution is 9.11. The maximum atomic E-state index is 10.4. The molecule has 0 fully saturated rings. The molecule has 5 heteroatoms. The number of aliphatic hydroxyl groups is 1. The van der Waals surface area contributed by atoms with Gasteiger partial charge in [0.2, 0.25) is 0 Å². The number of carboxylic acids is 1. The van der Waals surface area contributed by atoms with Crippen molar-refractivity contribution in [1.29, 1.82) is 0 Å². The van der Waals surface area contributed by atoms with Gasteiger partial charge in [-0.2, -0.15) is 0 Å². The first-order valence-corrected chi connectivity index (χ1v) is 4.96. The van der Waals surface area contributed by atoms with E-state index >= 15 is 0 Å². The number of hydrogen-bond donors (Lipinski definition) is 2. The molecular weight excluding hydrogens is 304 g/mol. The van der Waals surface area contributed by atoms with Crippen LogP contribution >= 0.6 is 31.9 Å². The van der Waals surface area contributed by atoms with Gasteiger partial charge >= 0.3 is 5.97 Å². The summed E-state index contributed by atoms with van der Waals surface area (Å²) < 4.78 is 1.44. The third-order valence-electron chi connectivity index (χ3n) is 1.43. The topological polar surface area (TPSA) is 57.5 Å². The van der Waals surface area contributed by atoms with Crippen LogP contribution in [-0.4, -0.2) is 16.2 Å². The highest BCUT2D eigenvalue weighted by Gasteiger charge is 2.16. The normalized spacial score (nSPS) is 12.5. The van der Waals surface area contributed by atoms with Crippen molar-refractivity contribution in [1.82, 2.24) is 0 Å². The Labute approximate surface area is 91.6 Å². The van der Waals surface area contributed by atoms with Crippen molar-refractivity contribution in [3.05, 3.63) is 32.7 Å². The Balaban J connectivity index is 3.07. The quantitative estimate of drug-likeness (QED) is 0.881. The summed E-state index contributed by atoms with van der Waals surface area (Å²) >= 11 is 6.39. The second kappa shape index (κ2) is 4.21. The third-order valence-corrected chi connectivity index (χ3v) is 2.35. The molecule has 1 atom stereocenters. The smallest absolute Gasteiger partial charge is 0.337 e. The molecule has 1 rings (SSSR count). The van der Waals surface area contributed by atoms with Gasteiger partial charge in [0.1, 0.15) is 0 Å². The van der Waals surface area contributed by atoms with E-state index in [1.54, 1.807) is 18.2 Å². The molecule has 2 N–H and O–H groups in total. The maximum Gasteiger partial charge on any atom is 0.337 e. The van der Waals surface area contributed by atoms with Crippen LogP contribution in [0.3, 0.4) is 0 Å². The Morgan fingerprint density at radius 2 is 1.69 bits per heavy atom. The van der Waals surface area contributed by atoms with Gasteiger partial charge in [-0.3, -0.25) is 0 Å². The minimum absolute atomic E-state index is 0.341. The largest absolute Gasteiger partial charge is 0.479 e. The van der Waals surface area contributed by atoms with Gasteiger partial charge in [-0.25, -0.2) is 4.79 Å². The molecule has 13 heavy (non-hydrogen) atoms. The highest BCUT2D eigenvalue weighted by Crippen LogP contribution is 2.24. The Morgan fingerprint density at radius 3 is 2.08 bits per heavy atom. The molecule has 70 valence electrons. The standard InChI is InChI=1S/C8H6Br2O3/c9-5-1-4(2-6(10)3-5)7(11)8(12)13/h1-3,7,11H,(H,12,13)/t7-/m0/s1. The first-order chi connectivity index (χ1) is 6.00. The van der Waals surface area contributed by atoms with Gasteiger partial charge in [0.05, 0.1) is 0 Å². The summed E-state index contributed by atoms with van der Waals surface area (Å²) in [6, 6.07) is 4.88. The molecular formula is C8H6Br2O3. The van der Waals surface area contributed by atoms with E-state index in [2.05, 4.69) is 31.9 Å². The molecule has 0 saturated heterocycles. The minimum atomic E-state index is -1.48. The molecule has 0 aliphatic heterocycles. The maximum absolute atomic E-state index is 10.4. The van der Waals surface area contributed by atoms with Gasteiger partial charge in [-0.1, -0.05) is 31.9 Å². The third kappa shape index (κ3) is 2.79. The fourth-order valence-electron chi connectivity index (χ4n) is 0.876. The van der Waals surface area contributed by atoms with Crippen LogP contribution in [0.25, 0.3) is 0 Å². The SMILES string of the molecule is O=C(O)[C@@H](O)c1cc(Br)cc(Br)c1. The van der Waals surface area contributed by atoms with Crippen LogP contribution in [0.1, 0.15) is 11.7 Å². The number of carboxylic acid groups (broad SMARTS) is 1. The minimum Gasteiger partial charge on any atom is -0.479 e. The first-order valence-electron chi connectivity index (χ1n) is 3.37. The summed E-state index contributed by atoms with van der Waals surface area (Å²) in [5.74, 6) is -1.26. The first kappa shape index (κ1) is 10.7. The van der Waals surface area contributed by atoms with Gasteiger partial charge in [-0.05, 0) is 23.8 Å². The van der Waals surface area contributed by atoms with Crippen molar-refractivity contribution in [3.8, 4) is 0 Å². The number of aliphatic carboxylic acids is 1. The van der Waals surface area contributed by atoms with Gasteiger partial charge in [-0.15, -0.1) is 0 Å². The van der Waals surface area contributed by atoms with Crippen LogP contribution in [0, 0.1) is 0 Å². The predicted octanol–water partition coefficient (Wildman–Crippen LogP) is 2.33. The predicted molar refractivity (Wildman–Crippen MR) is 54.4 cm³/mol. The van der Waals surface area contributed by atoms with Gasteiger partial charge in [0.15, 0.2) is 6.10 Å². The number of rotatable bonds is 2. The van der Waals surface area contributed by atoms with E-state index in [4.69, 9.17) is 5.11 Å². The van der Waals surface area contributed by atoms with E-state index in [9.17, 15) is 9.90 Å². The van der Waals surface area contributed by atoms with Crippen LogP contribution in [0.5, 0.6) is 0 Å². The van der Waals surface area contributed by atoms with Crippen LogP contribution in [0.15, 0.2) is 27.1 Å². The molecule has 3 nitrogen and oxygen atoms in total. The fourth-order valence-corrected chi connectivity index (χ4v) is 2.20. The Morgan fingerprint density at radius 1 is 1.23 bits per heavy atom. The lowest BCUT2D eigenvalue weighted by molar-refractivity contribution is -0.146. The number of hydrogen-bond acceptors (Lipinski definition) is 2. The van der Waals surface area contributed by atoms with E-state index in [0.29, 0.717) is 5.56 Å². The zero-order valence-electron chi connectivity index (χ0n) is 6.37. The molecule has 0 saturated carbocycles. The van der Waals surface area contributed by atoms with Crippen molar-refractivity contribution >= 4 is 37.8 Å². The summed E-state index contributed by atoms with van der Waals surface area (Å²) in [6.07, 6.45) is -1.48. The second-order valence-corrected chi connectivity index (χ2v) is 4.27. The Bertz CT molecular complexity index is 318. The zero-order valence-corrected chi connectivity index (χ0v) is 9.54. The average molecular weight is 310 g/mol. The van der Waals surface area contributed by atoms with E-state index in [-0.39, 0.29) is 0 Å². The molecule has 0 heterocycles. The molecule has 0 unspecified atom stereocenters. The highest BCUT2D eigenvalue weighted by atomic mass is 79.9. The molecule has 0 radical (unpaired) electrons. The van der Waals surface area contributed by atoms with E-state index in [0.717, 1.165) is 8.95 Å². The van der Waals surface area contributed by atoms with Gasteiger partial charge < -0.3 is 10.2 Å². The van der Waals surface area contributed by atoms with Crippen molar-refractivity contribution in [2.75, 3.05) is 0 Å². The Hall–Kier alpha value is -0.390. The summed E-state index contributed by atoms with van der Waals surface area (Å²) in [5, 5.41) is 17.7. The summed E-state index contributed by atoms with van der Waals surface area (Å²) in [6.45, 7) is 0. The van der Waals surface area contributed by atoms with Crippen LogP contribution in [-0.2, 0) is 4.79 Å². The average Bonchev–Trinajstić information content (AvgIpc) is 2.01. The van der Waals surface area contributed by atoms with Gasteiger partial charge in [0, 0.05) is 8.95 Å². The molecule has 0 aliphatic rings. The fraction of sp³-hybridized carbons (Fsp3) is 0.125. The van der Waals surface area contributed by atoms with E-state index < -0.39 is 12.1 Å². The van der Waals surface area contributed by atoms with Crippen molar-refractivity contribution in [2.24, 2.45) is 0 Å². The molecule has 1 aromatic rings. The van der Waals surface area contributed by atoms with Gasteiger partial charge in [0.25, 0.3) is 0 Å². The molecule has 0 aliphatic carbocycles. The molecule has 1 aromatic carbocycles. The van der Waals surface area contributed by atoms with Crippen LogP contribution in [0.2, 0.25) is 0 Å². The summed E-state index contributed by atoms with van der Waals surface area (Å²) in [5.41, 5.74) is 0.341.